The number of rotatable bonds is 1. The maximum Gasteiger partial charge on any atom is 0.254 e. The van der Waals surface area contributed by atoms with Crippen LogP contribution in [-0.2, 0) is 0 Å². The van der Waals surface area contributed by atoms with E-state index in [4.69, 9.17) is 5.11 Å². The van der Waals surface area contributed by atoms with Gasteiger partial charge in [0.25, 0.3) is 5.91 Å². The highest BCUT2D eigenvalue weighted by molar-refractivity contribution is 5.96. The van der Waals surface area contributed by atoms with Gasteiger partial charge in [0, 0.05) is 24.2 Å². The molecule has 0 unspecified atom stereocenters. The molecule has 0 saturated carbocycles. The normalized spacial score (nSPS) is 17.0. The number of piperidine rings is 1. The largest absolute Gasteiger partial charge is 0.384 e. The Bertz CT molecular complexity index is 593. The van der Waals surface area contributed by atoms with Gasteiger partial charge in [0.2, 0.25) is 0 Å². The highest BCUT2D eigenvalue weighted by Gasteiger charge is 2.30. The Balaban J connectivity index is 2.27. The van der Waals surface area contributed by atoms with Crippen LogP contribution in [0, 0.1) is 24.2 Å². The van der Waals surface area contributed by atoms with Crippen molar-refractivity contribution in [2.24, 2.45) is 5.41 Å². The molecule has 3 nitrogen and oxygen atoms in total. The third-order valence-corrected chi connectivity index (χ3v) is 4.05. The van der Waals surface area contributed by atoms with Gasteiger partial charge in [-0.2, -0.15) is 0 Å². The van der Waals surface area contributed by atoms with E-state index < -0.39 is 0 Å². The van der Waals surface area contributed by atoms with Gasteiger partial charge in [-0.1, -0.05) is 31.8 Å². The summed E-state index contributed by atoms with van der Waals surface area (Å²) in [5, 5.41) is 8.81. The Hall–Kier alpha value is -1.79. The van der Waals surface area contributed by atoms with Crippen LogP contribution >= 0.6 is 0 Å². The van der Waals surface area contributed by atoms with Gasteiger partial charge in [0.1, 0.15) is 6.61 Å². The number of nitrogens with zero attached hydrogens (tertiary/aromatic N) is 1. The minimum absolute atomic E-state index is 0.0907. The van der Waals surface area contributed by atoms with E-state index in [0.29, 0.717) is 0 Å². The van der Waals surface area contributed by atoms with Gasteiger partial charge in [0.05, 0.1) is 0 Å². The van der Waals surface area contributed by atoms with Crippen molar-refractivity contribution < 1.29 is 9.90 Å². The van der Waals surface area contributed by atoms with E-state index in [9.17, 15) is 4.79 Å². The fraction of sp³-hybridized carbons (Fsp3) is 0.500. The standard InChI is InChI=1S/C18H23NO2/c1-14-15(8-5-12-20)7-4-9-16(14)17(21)19-11-6-10-18(2,3)13-19/h4,7,9,20H,6,10-13H2,1-3H3. The number of carbonyl (C=O) groups excluding carboxylic acids is 1. The molecular formula is C18H23NO2. The number of aliphatic hydroxyl groups excluding tert-OH is 1. The molecule has 2 rings (SSSR count). The fourth-order valence-electron chi connectivity index (χ4n) is 2.90. The molecule has 1 amide bonds. The van der Waals surface area contributed by atoms with E-state index in [0.717, 1.165) is 42.6 Å². The molecule has 112 valence electrons. The van der Waals surface area contributed by atoms with Crippen LogP contribution in [-0.4, -0.2) is 35.6 Å². The zero-order chi connectivity index (χ0) is 15.5. The Kier molecular flexibility index (Phi) is 4.69. The van der Waals surface area contributed by atoms with Crippen LogP contribution in [0.5, 0.6) is 0 Å². The third kappa shape index (κ3) is 3.65. The molecule has 0 radical (unpaired) electrons. The molecule has 0 spiro atoms. The first-order valence-electron chi connectivity index (χ1n) is 7.43. The van der Waals surface area contributed by atoms with Gasteiger partial charge in [-0.05, 0) is 42.9 Å². The van der Waals surface area contributed by atoms with Crippen molar-refractivity contribution in [3.05, 3.63) is 34.9 Å². The van der Waals surface area contributed by atoms with Crippen molar-refractivity contribution in [3.63, 3.8) is 0 Å². The van der Waals surface area contributed by atoms with E-state index in [1.165, 1.54) is 0 Å². The minimum atomic E-state index is -0.169. The van der Waals surface area contributed by atoms with Gasteiger partial charge < -0.3 is 10.0 Å². The zero-order valence-electron chi connectivity index (χ0n) is 13.1. The monoisotopic (exact) mass is 285 g/mol. The van der Waals surface area contributed by atoms with Crippen LogP contribution in [0.4, 0.5) is 0 Å². The smallest absolute Gasteiger partial charge is 0.254 e. The van der Waals surface area contributed by atoms with Gasteiger partial charge in [0.15, 0.2) is 0 Å². The number of likely N-dealkylation sites (tertiary alicyclic amines) is 1. The molecule has 1 aromatic rings. The summed E-state index contributed by atoms with van der Waals surface area (Å²) >= 11 is 0. The lowest BCUT2D eigenvalue weighted by Gasteiger charge is -2.38. The number of benzene rings is 1. The van der Waals surface area contributed by atoms with Crippen molar-refractivity contribution in [1.29, 1.82) is 0 Å². The summed E-state index contributed by atoms with van der Waals surface area (Å²) in [4.78, 5) is 14.7. The molecule has 3 heteroatoms. The molecule has 1 saturated heterocycles. The Morgan fingerprint density at radius 3 is 2.86 bits per heavy atom. The van der Waals surface area contributed by atoms with Crippen LogP contribution in [0.2, 0.25) is 0 Å². The van der Waals surface area contributed by atoms with Crippen LogP contribution in [0.3, 0.4) is 0 Å². The molecule has 1 aliphatic rings. The maximum absolute atomic E-state index is 12.8. The molecule has 1 aliphatic heterocycles. The first-order valence-corrected chi connectivity index (χ1v) is 7.43. The summed E-state index contributed by atoms with van der Waals surface area (Å²) in [6, 6.07) is 5.61. The summed E-state index contributed by atoms with van der Waals surface area (Å²) in [7, 11) is 0. The molecule has 1 N–H and O–H groups in total. The lowest BCUT2D eigenvalue weighted by Crippen LogP contribution is -2.43. The van der Waals surface area contributed by atoms with Crippen molar-refractivity contribution >= 4 is 5.91 Å². The molecule has 1 fully saturated rings. The van der Waals surface area contributed by atoms with Crippen LogP contribution < -0.4 is 0 Å². The second-order valence-electron chi connectivity index (χ2n) is 6.43. The Labute approximate surface area is 127 Å². The van der Waals surface area contributed by atoms with Gasteiger partial charge in [-0.25, -0.2) is 0 Å². The van der Waals surface area contributed by atoms with Crippen molar-refractivity contribution in [3.8, 4) is 11.8 Å². The van der Waals surface area contributed by atoms with Gasteiger partial charge >= 0.3 is 0 Å². The fourth-order valence-corrected chi connectivity index (χ4v) is 2.90. The lowest BCUT2D eigenvalue weighted by atomic mass is 9.84. The molecule has 1 aromatic carbocycles. The zero-order valence-corrected chi connectivity index (χ0v) is 13.1. The van der Waals surface area contributed by atoms with E-state index in [1.54, 1.807) is 0 Å². The van der Waals surface area contributed by atoms with Crippen molar-refractivity contribution in [2.75, 3.05) is 19.7 Å². The highest BCUT2D eigenvalue weighted by atomic mass is 16.2. The Morgan fingerprint density at radius 2 is 2.19 bits per heavy atom. The number of carbonyl (C=O) groups is 1. The second-order valence-corrected chi connectivity index (χ2v) is 6.43. The van der Waals surface area contributed by atoms with Crippen LogP contribution in [0.25, 0.3) is 0 Å². The molecule has 0 aliphatic carbocycles. The first-order chi connectivity index (χ1) is 9.94. The number of hydrogen-bond donors (Lipinski definition) is 1. The van der Waals surface area contributed by atoms with E-state index in [-0.39, 0.29) is 17.9 Å². The highest BCUT2D eigenvalue weighted by Crippen LogP contribution is 2.29. The van der Waals surface area contributed by atoms with E-state index >= 15 is 0 Å². The van der Waals surface area contributed by atoms with E-state index in [1.807, 2.05) is 30.0 Å². The lowest BCUT2D eigenvalue weighted by molar-refractivity contribution is 0.0582. The average Bonchev–Trinajstić information content (AvgIpc) is 2.44. The number of aliphatic hydroxyl groups is 1. The molecule has 21 heavy (non-hydrogen) atoms. The average molecular weight is 285 g/mol. The van der Waals surface area contributed by atoms with Crippen molar-refractivity contribution in [2.45, 2.75) is 33.6 Å². The molecular weight excluding hydrogens is 262 g/mol. The number of hydrogen-bond acceptors (Lipinski definition) is 2. The molecule has 1 heterocycles. The summed E-state index contributed by atoms with van der Waals surface area (Å²) in [6.45, 7) is 7.80. The van der Waals surface area contributed by atoms with E-state index in [2.05, 4.69) is 25.7 Å². The van der Waals surface area contributed by atoms with Crippen molar-refractivity contribution in [1.82, 2.24) is 4.90 Å². The summed E-state index contributed by atoms with van der Waals surface area (Å²) in [5.41, 5.74) is 2.62. The topological polar surface area (TPSA) is 40.5 Å². The maximum atomic E-state index is 12.8. The van der Waals surface area contributed by atoms with Crippen LogP contribution in [0.15, 0.2) is 18.2 Å². The molecule has 0 atom stereocenters. The van der Waals surface area contributed by atoms with Gasteiger partial charge in [-0.15, -0.1) is 0 Å². The summed E-state index contributed by atoms with van der Waals surface area (Å²) in [6.07, 6.45) is 2.22. The number of amides is 1. The Morgan fingerprint density at radius 1 is 1.43 bits per heavy atom. The second kappa shape index (κ2) is 6.32. The van der Waals surface area contributed by atoms with Gasteiger partial charge in [-0.3, -0.25) is 4.79 Å². The summed E-state index contributed by atoms with van der Waals surface area (Å²) in [5.74, 6) is 5.64. The molecule has 0 bridgehead atoms. The SMILES string of the molecule is Cc1c(C#CCO)cccc1C(=O)N1CCCC(C)(C)C1. The quantitative estimate of drug-likeness (QED) is 0.806. The molecule has 0 aromatic heterocycles. The first kappa shape index (κ1) is 15.6. The third-order valence-electron chi connectivity index (χ3n) is 4.05. The predicted molar refractivity (Wildman–Crippen MR) is 84.1 cm³/mol. The predicted octanol–water partition coefficient (Wildman–Crippen LogP) is 2.60. The summed E-state index contributed by atoms with van der Waals surface area (Å²) < 4.78 is 0. The minimum Gasteiger partial charge on any atom is -0.384 e. The van der Waals surface area contributed by atoms with Crippen LogP contribution in [0.1, 0.15) is 48.2 Å².